The third-order valence-electron chi connectivity index (χ3n) is 4.07. The van der Waals surface area contributed by atoms with Gasteiger partial charge in [0, 0.05) is 12.7 Å². The van der Waals surface area contributed by atoms with Crippen molar-refractivity contribution in [2.75, 3.05) is 6.26 Å². The predicted octanol–water partition coefficient (Wildman–Crippen LogP) is 2.74. The van der Waals surface area contributed by atoms with Crippen molar-refractivity contribution in [2.45, 2.75) is 30.7 Å². The molecule has 0 radical (unpaired) electrons. The largest absolute Gasteiger partial charge is 0.478 e. The lowest BCUT2D eigenvalue weighted by molar-refractivity contribution is -0.121. The summed E-state index contributed by atoms with van der Waals surface area (Å²) < 4.78 is 36.9. The van der Waals surface area contributed by atoms with E-state index in [1.54, 1.807) is 19.1 Å². The smallest absolute Gasteiger partial charge is 0.335 e. The van der Waals surface area contributed by atoms with Gasteiger partial charge in [-0.3, -0.25) is 4.79 Å². The molecule has 1 amide bonds. The fourth-order valence-corrected chi connectivity index (χ4v) is 3.28. The second kappa shape index (κ2) is 8.30. The number of benzene rings is 2. The molecule has 2 N–H and O–H groups in total. The van der Waals surface area contributed by atoms with Crippen LogP contribution >= 0.6 is 0 Å². The maximum absolute atomic E-state index is 14.0. The molecule has 6 nitrogen and oxygen atoms in total. The number of rotatable bonds is 7. The minimum absolute atomic E-state index is 0.177. The quantitative estimate of drug-likeness (QED) is 0.753. The van der Waals surface area contributed by atoms with Crippen molar-refractivity contribution in [3.8, 4) is 0 Å². The van der Waals surface area contributed by atoms with Crippen LogP contribution in [-0.2, 0) is 21.1 Å². The van der Waals surface area contributed by atoms with Crippen molar-refractivity contribution >= 4 is 21.7 Å². The zero-order chi connectivity index (χ0) is 20.2. The zero-order valence-electron chi connectivity index (χ0n) is 14.9. The van der Waals surface area contributed by atoms with Crippen LogP contribution in [0.5, 0.6) is 0 Å². The number of nitrogens with one attached hydrogen (secondary N) is 1. The minimum atomic E-state index is -3.65. The van der Waals surface area contributed by atoms with E-state index in [0.29, 0.717) is 12.0 Å². The van der Waals surface area contributed by atoms with E-state index >= 15 is 0 Å². The highest BCUT2D eigenvalue weighted by Gasteiger charge is 2.17. The fourth-order valence-electron chi connectivity index (χ4n) is 2.56. The Hall–Kier alpha value is -2.74. The molecule has 0 fully saturated rings. The maximum Gasteiger partial charge on any atom is 0.335 e. The van der Waals surface area contributed by atoms with Crippen molar-refractivity contribution in [1.82, 2.24) is 5.32 Å². The monoisotopic (exact) mass is 393 g/mol. The number of carboxylic acid groups (broad SMARTS) is 1. The lowest BCUT2D eigenvalue weighted by atomic mass is 10.1. The lowest BCUT2D eigenvalue weighted by Crippen LogP contribution is -2.27. The van der Waals surface area contributed by atoms with Gasteiger partial charge in [-0.05, 0) is 48.7 Å². The molecule has 0 saturated carbocycles. The summed E-state index contributed by atoms with van der Waals surface area (Å²) in [5, 5.41) is 11.6. The van der Waals surface area contributed by atoms with E-state index in [-0.39, 0.29) is 22.8 Å². The van der Waals surface area contributed by atoms with E-state index < -0.39 is 27.7 Å². The molecule has 1 unspecified atom stereocenters. The van der Waals surface area contributed by atoms with Gasteiger partial charge in [-0.15, -0.1) is 0 Å². The Morgan fingerprint density at radius 3 is 2.30 bits per heavy atom. The number of carbonyl (C=O) groups excluding carboxylic acids is 1. The summed E-state index contributed by atoms with van der Waals surface area (Å²) in [6.07, 6.45) is 1.54. The first-order valence-electron chi connectivity index (χ1n) is 8.19. The number of amides is 1. The summed E-state index contributed by atoms with van der Waals surface area (Å²) in [7, 11) is -3.65. The van der Waals surface area contributed by atoms with Gasteiger partial charge < -0.3 is 10.4 Å². The number of aromatic carboxylic acids is 1. The highest BCUT2D eigenvalue weighted by molar-refractivity contribution is 7.90. The zero-order valence-corrected chi connectivity index (χ0v) is 15.7. The molecule has 144 valence electrons. The standard InChI is InChI=1S/C19H20FNO5S/c1-12(15-8-9-17(16(20)11-15)27(2,25)26)21-18(22)10-5-13-3-6-14(7-4-13)19(23)24/h3-4,6-9,11-12H,5,10H2,1-2H3,(H,21,22)(H,23,24). The Morgan fingerprint density at radius 1 is 1.15 bits per heavy atom. The SMILES string of the molecule is CC(NC(=O)CCc1ccc(C(=O)O)cc1)c1ccc(S(C)(=O)=O)c(F)c1. The van der Waals surface area contributed by atoms with Gasteiger partial charge in [-0.1, -0.05) is 18.2 Å². The first-order chi connectivity index (χ1) is 12.6. The molecule has 8 heteroatoms. The Balaban J connectivity index is 1.95. The van der Waals surface area contributed by atoms with Crippen LogP contribution in [0.2, 0.25) is 0 Å². The van der Waals surface area contributed by atoms with Crippen LogP contribution < -0.4 is 5.32 Å². The number of sulfone groups is 1. The molecule has 0 saturated heterocycles. The number of carboxylic acids is 1. The normalized spacial score (nSPS) is 12.4. The Bertz CT molecular complexity index is 955. The van der Waals surface area contributed by atoms with E-state index in [0.717, 1.165) is 17.9 Å². The van der Waals surface area contributed by atoms with Gasteiger partial charge in [0.05, 0.1) is 11.6 Å². The molecule has 0 aromatic heterocycles. The van der Waals surface area contributed by atoms with Gasteiger partial charge in [0.15, 0.2) is 9.84 Å². The highest BCUT2D eigenvalue weighted by Crippen LogP contribution is 2.20. The molecule has 0 spiro atoms. The molecule has 0 aliphatic heterocycles. The molecule has 0 aliphatic carbocycles. The number of hydrogen-bond acceptors (Lipinski definition) is 4. The molecule has 27 heavy (non-hydrogen) atoms. The second-order valence-electron chi connectivity index (χ2n) is 6.25. The van der Waals surface area contributed by atoms with Crippen LogP contribution in [0.15, 0.2) is 47.4 Å². The van der Waals surface area contributed by atoms with Gasteiger partial charge >= 0.3 is 5.97 Å². The van der Waals surface area contributed by atoms with Crippen molar-refractivity contribution < 1.29 is 27.5 Å². The van der Waals surface area contributed by atoms with E-state index in [1.165, 1.54) is 24.3 Å². The average Bonchev–Trinajstić information content (AvgIpc) is 2.59. The minimum Gasteiger partial charge on any atom is -0.478 e. The van der Waals surface area contributed by atoms with E-state index in [2.05, 4.69) is 5.32 Å². The van der Waals surface area contributed by atoms with Gasteiger partial charge in [0.25, 0.3) is 0 Å². The lowest BCUT2D eigenvalue weighted by Gasteiger charge is -2.15. The van der Waals surface area contributed by atoms with E-state index in [1.807, 2.05) is 0 Å². The van der Waals surface area contributed by atoms with Crippen LogP contribution in [0.4, 0.5) is 4.39 Å². The van der Waals surface area contributed by atoms with Crippen molar-refractivity contribution in [3.63, 3.8) is 0 Å². The van der Waals surface area contributed by atoms with Crippen molar-refractivity contribution in [2.24, 2.45) is 0 Å². The molecule has 0 bridgehead atoms. The Labute approximate surface area is 157 Å². The first-order valence-corrected chi connectivity index (χ1v) is 10.1. The molecule has 1 atom stereocenters. The van der Waals surface area contributed by atoms with Gasteiger partial charge in [-0.25, -0.2) is 17.6 Å². The fraction of sp³-hybridized carbons (Fsp3) is 0.263. The van der Waals surface area contributed by atoms with Crippen LogP contribution in [0.1, 0.15) is 40.9 Å². The van der Waals surface area contributed by atoms with Gasteiger partial charge in [0.1, 0.15) is 10.7 Å². The van der Waals surface area contributed by atoms with E-state index in [9.17, 15) is 22.4 Å². The van der Waals surface area contributed by atoms with Crippen LogP contribution in [0.25, 0.3) is 0 Å². The highest BCUT2D eigenvalue weighted by atomic mass is 32.2. The third kappa shape index (κ3) is 5.62. The molecular weight excluding hydrogens is 373 g/mol. The van der Waals surface area contributed by atoms with Gasteiger partial charge in [0.2, 0.25) is 5.91 Å². The summed E-state index contributed by atoms with van der Waals surface area (Å²) in [4.78, 5) is 22.5. The predicted molar refractivity (Wildman–Crippen MR) is 97.8 cm³/mol. The number of hydrogen-bond donors (Lipinski definition) is 2. The summed E-state index contributed by atoms with van der Waals surface area (Å²) in [6, 6.07) is 9.52. The van der Waals surface area contributed by atoms with Crippen molar-refractivity contribution in [3.05, 3.63) is 65.0 Å². The Morgan fingerprint density at radius 2 is 1.78 bits per heavy atom. The summed E-state index contributed by atoms with van der Waals surface area (Å²) in [5.74, 6) is -2.12. The number of aryl methyl sites for hydroxylation is 1. The van der Waals surface area contributed by atoms with Crippen LogP contribution in [-0.4, -0.2) is 31.7 Å². The number of halogens is 1. The molecule has 0 aliphatic rings. The topological polar surface area (TPSA) is 101 Å². The van der Waals surface area contributed by atoms with E-state index in [4.69, 9.17) is 5.11 Å². The Kier molecular flexibility index (Phi) is 6.32. The summed E-state index contributed by atoms with van der Waals surface area (Å²) in [6.45, 7) is 1.68. The molecule has 0 heterocycles. The summed E-state index contributed by atoms with van der Waals surface area (Å²) in [5.41, 5.74) is 1.46. The van der Waals surface area contributed by atoms with Crippen molar-refractivity contribution in [1.29, 1.82) is 0 Å². The molecule has 2 rings (SSSR count). The second-order valence-corrected chi connectivity index (χ2v) is 8.24. The van der Waals surface area contributed by atoms with Crippen LogP contribution in [0.3, 0.4) is 0 Å². The number of carbonyl (C=O) groups is 2. The summed E-state index contributed by atoms with van der Waals surface area (Å²) >= 11 is 0. The maximum atomic E-state index is 14.0. The first kappa shape index (κ1) is 20.6. The van der Waals surface area contributed by atoms with Gasteiger partial charge in [-0.2, -0.15) is 0 Å². The van der Waals surface area contributed by atoms with Crippen LogP contribution in [0, 0.1) is 5.82 Å². The average molecular weight is 393 g/mol. The third-order valence-corrected chi connectivity index (χ3v) is 5.20. The molecule has 2 aromatic carbocycles. The molecular formula is C19H20FNO5S. The molecule has 2 aromatic rings.